The summed E-state index contributed by atoms with van der Waals surface area (Å²) >= 11 is 0. The predicted octanol–water partition coefficient (Wildman–Crippen LogP) is 1.45. The number of rotatable bonds is 1. The normalized spacial score (nSPS) is 19.3. The number of amides is 1. The van der Waals surface area contributed by atoms with Gasteiger partial charge in [0.25, 0.3) is 11.5 Å². The smallest absolute Gasteiger partial charge is 0.278 e. The Hall–Kier alpha value is -2.15. The van der Waals surface area contributed by atoms with Crippen molar-refractivity contribution in [3.05, 3.63) is 33.4 Å². The minimum Gasteiger partial charge on any atom is -0.381 e. The summed E-state index contributed by atoms with van der Waals surface area (Å²) in [6.45, 7) is 7.86. The van der Waals surface area contributed by atoms with Crippen molar-refractivity contribution in [1.82, 2.24) is 19.5 Å². The van der Waals surface area contributed by atoms with E-state index in [1.165, 1.54) is 4.52 Å². The standard InChI is InChI=1S/C17H22N4O3/c1-17(2,3)12-8-13-18-14-11(15(22)21(13)19-12)9-20(16(14)23)10-4-6-24-7-5-10/h8,10,19H,4-7,9H2,1-3H3. The minimum atomic E-state index is -0.173. The first-order valence-electron chi connectivity index (χ1n) is 8.40. The van der Waals surface area contributed by atoms with Crippen molar-refractivity contribution in [2.45, 2.75) is 51.6 Å². The molecule has 1 amide bonds. The summed E-state index contributed by atoms with van der Waals surface area (Å²) in [5.41, 5.74) is 1.93. The highest BCUT2D eigenvalue weighted by atomic mass is 16.5. The van der Waals surface area contributed by atoms with Crippen LogP contribution in [0.15, 0.2) is 10.9 Å². The van der Waals surface area contributed by atoms with Crippen molar-refractivity contribution >= 4 is 11.6 Å². The third kappa shape index (κ3) is 2.26. The minimum absolute atomic E-state index is 0.122. The molecule has 0 bridgehead atoms. The Kier molecular flexibility index (Phi) is 3.32. The number of hydrogen-bond donors (Lipinski definition) is 1. The summed E-state index contributed by atoms with van der Waals surface area (Å²) < 4.78 is 6.83. The van der Waals surface area contributed by atoms with E-state index in [4.69, 9.17) is 4.74 Å². The zero-order chi connectivity index (χ0) is 17.1. The maximum absolute atomic E-state index is 12.8. The molecule has 0 unspecified atom stereocenters. The van der Waals surface area contributed by atoms with E-state index >= 15 is 0 Å². The molecule has 7 nitrogen and oxygen atoms in total. The quantitative estimate of drug-likeness (QED) is 0.858. The second-order valence-electron chi connectivity index (χ2n) is 7.63. The maximum Gasteiger partial charge on any atom is 0.278 e. The largest absolute Gasteiger partial charge is 0.381 e. The number of carbonyl (C=O) groups excluding carboxylic acids is 1. The number of aromatic amines is 1. The number of carbonyl (C=O) groups is 1. The number of nitrogens with one attached hydrogen (secondary N) is 1. The van der Waals surface area contributed by atoms with Gasteiger partial charge in [0.15, 0.2) is 5.65 Å². The number of nitrogens with zero attached hydrogens (tertiary/aromatic N) is 3. The molecule has 4 heterocycles. The SMILES string of the molecule is CC(C)(C)c1cc2nc3c(c(=O)n2[nH]1)CN(C1CCOCC1)C3=O. The van der Waals surface area contributed by atoms with E-state index in [9.17, 15) is 9.59 Å². The molecule has 1 N–H and O–H groups in total. The second-order valence-corrected chi connectivity index (χ2v) is 7.63. The van der Waals surface area contributed by atoms with Gasteiger partial charge in [-0.2, -0.15) is 0 Å². The van der Waals surface area contributed by atoms with Crippen LogP contribution in [0.5, 0.6) is 0 Å². The van der Waals surface area contributed by atoms with Crippen LogP contribution in [-0.4, -0.2) is 44.7 Å². The molecule has 24 heavy (non-hydrogen) atoms. The molecule has 2 aromatic heterocycles. The van der Waals surface area contributed by atoms with E-state index in [-0.39, 0.29) is 22.9 Å². The van der Waals surface area contributed by atoms with Gasteiger partial charge in [0.05, 0.1) is 12.1 Å². The van der Waals surface area contributed by atoms with Crippen LogP contribution in [0.3, 0.4) is 0 Å². The zero-order valence-corrected chi connectivity index (χ0v) is 14.3. The molecule has 0 aromatic carbocycles. The monoisotopic (exact) mass is 330 g/mol. The summed E-state index contributed by atoms with van der Waals surface area (Å²) in [6.07, 6.45) is 1.63. The predicted molar refractivity (Wildman–Crippen MR) is 88.2 cm³/mol. The first-order chi connectivity index (χ1) is 11.4. The number of fused-ring (bicyclic) bond motifs is 2. The lowest BCUT2D eigenvalue weighted by atomic mass is 9.93. The Morgan fingerprint density at radius 2 is 1.96 bits per heavy atom. The summed E-state index contributed by atoms with van der Waals surface area (Å²) in [5.74, 6) is -0.130. The van der Waals surface area contributed by atoms with Gasteiger partial charge in [-0.1, -0.05) is 20.8 Å². The number of hydrogen-bond acceptors (Lipinski definition) is 4. The first-order valence-corrected chi connectivity index (χ1v) is 8.40. The van der Waals surface area contributed by atoms with Crippen LogP contribution < -0.4 is 5.56 Å². The lowest BCUT2D eigenvalue weighted by molar-refractivity contribution is 0.0301. The fraction of sp³-hybridized carbons (Fsp3) is 0.588. The van der Waals surface area contributed by atoms with E-state index in [0.717, 1.165) is 18.5 Å². The zero-order valence-electron chi connectivity index (χ0n) is 14.3. The van der Waals surface area contributed by atoms with Gasteiger partial charge in [0.1, 0.15) is 5.69 Å². The highest BCUT2D eigenvalue weighted by molar-refractivity contribution is 5.97. The molecule has 2 aliphatic rings. The van der Waals surface area contributed by atoms with Crippen LogP contribution in [0.4, 0.5) is 0 Å². The fourth-order valence-corrected chi connectivity index (χ4v) is 3.43. The van der Waals surface area contributed by atoms with Crippen molar-refractivity contribution < 1.29 is 9.53 Å². The molecule has 2 aliphatic heterocycles. The summed E-state index contributed by atoms with van der Waals surface area (Å²) in [7, 11) is 0. The van der Waals surface area contributed by atoms with Crippen LogP contribution in [-0.2, 0) is 16.7 Å². The first kappa shape index (κ1) is 15.4. The fourth-order valence-electron chi connectivity index (χ4n) is 3.43. The topological polar surface area (TPSA) is 79.7 Å². The lowest BCUT2D eigenvalue weighted by Crippen LogP contribution is -2.39. The van der Waals surface area contributed by atoms with Crippen molar-refractivity contribution in [2.24, 2.45) is 0 Å². The van der Waals surface area contributed by atoms with Crippen LogP contribution in [0, 0.1) is 0 Å². The maximum atomic E-state index is 12.8. The molecule has 0 saturated carbocycles. The van der Waals surface area contributed by atoms with E-state index < -0.39 is 0 Å². The van der Waals surface area contributed by atoms with Crippen molar-refractivity contribution in [3.8, 4) is 0 Å². The molecule has 0 atom stereocenters. The van der Waals surface area contributed by atoms with Crippen molar-refractivity contribution in [3.63, 3.8) is 0 Å². The molecular formula is C17H22N4O3. The average Bonchev–Trinajstić information content (AvgIpc) is 3.11. The molecule has 1 saturated heterocycles. The Labute approximate surface area is 139 Å². The Morgan fingerprint density at radius 1 is 1.25 bits per heavy atom. The van der Waals surface area contributed by atoms with Gasteiger partial charge >= 0.3 is 0 Å². The molecule has 128 valence electrons. The molecule has 4 rings (SSSR count). The third-order valence-electron chi connectivity index (χ3n) is 4.94. The number of H-pyrrole nitrogens is 1. The Balaban J connectivity index is 1.77. The van der Waals surface area contributed by atoms with Crippen LogP contribution in [0.2, 0.25) is 0 Å². The Morgan fingerprint density at radius 3 is 2.62 bits per heavy atom. The van der Waals surface area contributed by atoms with Gasteiger partial charge in [-0.3, -0.25) is 14.7 Å². The molecule has 1 fully saturated rings. The molecule has 7 heteroatoms. The number of aromatic nitrogens is 3. The summed E-state index contributed by atoms with van der Waals surface area (Å²) in [5, 5.41) is 3.13. The second kappa shape index (κ2) is 5.17. The van der Waals surface area contributed by atoms with Gasteiger partial charge in [-0.25, -0.2) is 9.50 Å². The summed E-state index contributed by atoms with van der Waals surface area (Å²) in [4.78, 5) is 31.9. The van der Waals surface area contributed by atoms with E-state index in [1.54, 1.807) is 4.90 Å². The van der Waals surface area contributed by atoms with Gasteiger partial charge < -0.3 is 9.64 Å². The number of ether oxygens (including phenoxy) is 1. The van der Waals surface area contributed by atoms with E-state index in [2.05, 4.69) is 30.9 Å². The van der Waals surface area contributed by atoms with Crippen LogP contribution in [0.1, 0.15) is 55.4 Å². The van der Waals surface area contributed by atoms with Crippen molar-refractivity contribution in [1.29, 1.82) is 0 Å². The molecular weight excluding hydrogens is 308 g/mol. The van der Waals surface area contributed by atoms with Crippen molar-refractivity contribution in [2.75, 3.05) is 13.2 Å². The molecule has 0 spiro atoms. The summed E-state index contributed by atoms with van der Waals surface area (Å²) in [6, 6.07) is 1.99. The molecule has 0 radical (unpaired) electrons. The van der Waals surface area contributed by atoms with Gasteiger partial charge in [0, 0.05) is 36.4 Å². The highest BCUT2D eigenvalue weighted by Crippen LogP contribution is 2.27. The molecule has 0 aliphatic carbocycles. The van der Waals surface area contributed by atoms with Crippen LogP contribution in [0.25, 0.3) is 5.65 Å². The average molecular weight is 330 g/mol. The van der Waals surface area contributed by atoms with E-state index in [0.29, 0.717) is 36.7 Å². The van der Waals surface area contributed by atoms with Crippen LogP contribution >= 0.6 is 0 Å². The van der Waals surface area contributed by atoms with Gasteiger partial charge in [-0.15, -0.1) is 0 Å². The Bertz CT molecular complexity index is 868. The molecule has 2 aromatic rings. The lowest BCUT2D eigenvalue weighted by Gasteiger charge is -2.30. The highest BCUT2D eigenvalue weighted by Gasteiger charge is 2.37. The van der Waals surface area contributed by atoms with Gasteiger partial charge in [-0.05, 0) is 12.8 Å². The van der Waals surface area contributed by atoms with E-state index in [1.807, 2.05) is 6.07 Å². The van der Waals surface area contributed by atoms with Gasteiger partial charge in [0.2, 0.25) is 0 Å². The third-order valence-corrected chi connectivity index (χ3v) is 4.94.